The molecule has 0 bridgehead atoms. The molecule has 0 saturated heterocycles. The number of nitrogens with one attached hydrogen (secondary N) is 1. The van der Waals surface area contributed by atoms with Crippen molar-refractivity contribution in [2.75, 3.05) is 11.4 Å². The molecule has 4 nitrogen and oxygen atoms in total. The fraction of sp³-hybridized carbons (Fsp3) is 0.500. The first-order valence-electron chi connectivity index (χ1n) is 9.27. The van der Waals surface area contributed by atoms with E-state index in [1.54, 1.807) is 18.3 Å². The molecule has 1 fully saturated rings. The van der Waals surface area contributed by atoms with Gasteiger partial charge in [-0.15, -0.1) is 0 Å². The standard InChI is InChI=1S/C20H24FN3O/c21-16-7-4-6-15(12-16)13-20(9-2-1-3-10-20)19(25)24-11-5-8-17-18(24)14-22-23-17/h4,6-7,12,14H,1-3,5,8-11,13H2,(H,22,23). The van der Waals surface area contributed by atoms with Crippen molar-refractivity contribution in [2.45, 2.75) is 51.4 Å². The van der Waals surface area contributed by atoms with Crippen LogP contribution in [0.5, 0.6) is 0 Å². The van der Waals surface area contributed by atoms with E-state index in [9.17, 15) is 9.18 Å². The molecule has 0 atom stereocenters. The van der Waals surface area contributed by atoms with Crippen LogP contribution in [0.4, 0.5) is 10.1 Å². The van der Waals surface area contributed by atoms with E-state index in [2.05, 4.69) is 10.2 Å². The number of fused-ring (bicyclic) bond motifs is 1. The van der Waals surface area contributed by atoms with Crippen LogP contribution in [0.25, 0.3) is 0 Å². The third kappa shape index (κ3) is 3.08. The molecule has 1 aliphatic carbocycles. The molecule has 25 heavy (non-hydrogen) atoms. The fourth-order valence-corrected chi connectivity index (χ4v) is 4.49. The number of aromatic amines is 1. The van der Waals surface area contributed by atoms with E-state index in [-0.39, 0.29) is 11.7 Å². The van der Waals surface area contributed by atoms with Crippen molar-refractivity contribution in [1.29, 1.82) is 0 Å². The zero-order chi connectivity index (χ0) is 17.3. The summed E-state index contributed by atoms with van der Waals surface area (Å²) in [4.78, 5) is 15.5. The number of nitrogens with zero attached hydrogens (tertiary/aromatic N) is 2. The molecule has 132 valence electrons. The Morgan fingerprint density at radius 2 is 2.08 bits per heavy atom. The SMILES string of the molecule is O=C(N1CCCc2[nH]ncc21)C1(Cc2cccc(F)c2)CCCCC1. The molecule has 2 aliphatic rings. The topological polar surface area (TPSA) is 49.0 Å². The van der Waals surface area contributed by atoms with Crippen LogP contribution in [-0.4, -0.2) is 22.6 Å². The van der Waals surface area contributed by atoms with Gasteiger partial charge in [-0.1, -0.05) is 31.4 Å². The van der Waals surface area contributed by atoms with Gasteiger partial charge < -0.3 is 4.90 Å². The minimum Gasteiger partial charge on any atom is -0.309 e. The maximum Gasteiger partial charge on any atom is 0.233 e. The Hall–Kier alpha value is -2.17. The summed E-state index contributed by atoms with van der Waals surface area (Å²) in [7, 11) is 0. The lowest BCUT2D eigenvalue weighted by Gasteiger charge is -2.41. The fourth-order valence-electron chi connectivity index (χ4n) is 4.49. The average Bonchev–Trinajstić information content (AvgIpc) is 3.10. The van der Waals surface area contributed by atoms with E-state index in [4.69, 9.17) is 0 Å². The molecule has 2 heterocycles. The molecule has 4 rings (SSSR count). The van der Waals surface area contributed by atoms with Gasteiger partial charge in [0.1, 0.15) is 5.82 Å². The minimum absolute atomic E-state index is 0.193. The zero-order valence-electron chi connectivity index (χ0n) is 14.4. The van der Waals surface area contributed by atoms with Gasteiger partial charge in [0.2, 0.25) is 5.91 Å². The van der Waals surface area contributed by atoms with Gasteiger partial charge in [0.25, 0.3) is 0 Å². The van der Waals surface area contributed by atoms with Gasteiger partial charge in [-0.2, -0.15) is 5.10 Å². The number of benzene rings is 1. The normalized spacial score (nSPS) is 19.5. The van der Waals surface area contributed by atoms with Gasteiger partial charge in [-0.3, -0.25) is 9.89 Å². The Morgan fingerprint density at radius 3 is 2.88 bits per heavy atom. The molecule has 1 N–H and O–H groups in total. The van der Waals surface area contributed by atoms with Gasteiger partial charge >= 0.3 is 0 Å². The first kappa shape index (κ1) is 16.3. The number of hydrogen-bond acceptors (Lipinski definition) is 2. The number of halogens is 1. The summed E-state index contributed by atoms with van der Waals surface area (Å²) in [6, 6.07) is 6.71. The monoisotopic (exact) mass is 341 g/mol. The highest BCUT2D eigenvalue weighted by Crippen LogP contribution is 2.42. The van der Waals surface area contributed by atoms with E-state index >= 15 is 0 Å². The molecule has 1 aromatic heterocycles. The lowest BCUT2D eigenvalue weighted by atomic mass is 9.69. The van der Waals surface area contributed by atoms with Crippen LogP contribution in [0.15, 0.2) is 30.5 Å². The van der Waals surface area contributed by atoms with E-state index in [1.165, 1.54) is 12.5 Å². The summed E-state index contributed by atoms with van der Waals surface area (Å²) in [5.41, 5.74) is 2.48. The molecule has 1 amide bonds. The second kappa shape index (κ2) is 6.62. The highest BCUT2D eigenvalue weighted by molar-refractivity contribution is 5.98. The highest BCUT2D eigenvalue weighted by atomic mass is 19.1. The second-order valence-electron chi connectivity index (χ2n) is 7.44. The highest BCUT2D eigenvalue weighted by Gasteiger charge is 2.43. The lowest BCUT2D eigenvalue weighted by Crippen LogP contribution is -2.48. The largest absolute Gasteiger partial charge is 0.309 e. The van der Waals surface area contributed by atoms with Crippen LogP contribution in [0, 0.1) is 11.2 Å². The van der Waals surface area contributed by atoms with E-state index in [0.717, 1.165) is 62.0 Å². The number of amides is 1. The van der Waals surface area contributed by atoms with Gasteiger partial charge in [0, 0.05) is 6.54 Å². The Balaban J connectivity index is 1.66. The van der Waals surface area contributed by atoms with E-state index in [0.29, 0.717) is 6.42 Å². The first-order chi connectivity index (χ1) is 12.2. The van der Waals surface area contributed by atoms with Crippen LogP contribution >= 0.6 is 0 Å². The summed E-state index contributed by atoms with van der Waals surface area (Å²) in [6.07, 6.45) is 9.35. The Bertz CT molecular complexity index is 764. The maximum absolute atomic E-state index is 13.6. The van der Waals surface area contributed by atoms with Crippen LogP contribution in [0.1, 0.15) is 49.8 Å². The molecule has 1 aliphatic heterocycles. The second-order valence-corrected chi connectivity index (χ2v) is 7.44. The number of hydrogen-bond donors (Lipinski definition) is 1. The summed E-state index contributed by atoms with van der Waals surface area (Å²) in [6.45, 7) is 0.746. The van der Waals surface area contributed by atoms with Crippen molar-refractivity contribution >= 4 is 11.6 Å². The van der Waals surface area contributed by atoms with E-state index in [1.807, 2.05) is 11.0 Å². The molecule has 1 aromatic carbocycles. The third-order valence-corrected chi connectivity index (χ3v) is 5.74. The number of aromatic nitrogens is 2. The first-order valence-corrected chi connectivity index (χ1v) is 9.27. The number of carbonyl (C=O) groups excluding carboxylic acids is 1. The van der Waals surface area contributed by atoms with Crippen molar-refractivity contribution in [2.24, 2.45) is 5.41 Å². The van der Waals surface area contributed by atoms with Crippen LogP contribution in [0.2, 0.25) is 0 Å². The summed E-state index contributed by atoms with van der Waals surface area (Å²) < 4.78 is 13.6. The van der Waals surface area contributed by atoms with Crippen molar-refractivity contribution in [1.82, 2.24) is 10.2 Å². The summed E-state index contributed by atoms with van der Waals surface area (Å²) in [5.74, 6) is -0.0372. The number of aryl methyl sites for hydroxylation is 1. The molecule has 0 radical (unpaired) electrons. The van der Waals surface area contributed by atoms with Crippen molar-refractivity contribution in [3.05, 3.63) is 47.5 Å². The van der Waals surface area contributed by atoms with Gasteiger partial charge in [-0.05, 0) is 49.8 Å². The molecule has 5 heteroatoms. The molecule has 0 spiro atoms. The Morgan fingerprint density at radius 1 is 1.24 bits per heavy atom. The summed E-state index contributed by atoms with van der Waals surface area (Å²) >= 11 is 0. The molecule has 0 unspecified atom stereocenters. The quantitative estimate of drug-likeness (QED) is 0.916. The number of rotatable bonds is 3. The van der Waals surface area contributed by atoms with Gasteiger partial charge in [-0.25, -0.2) is 4.39 Å². The van der Waals surface area contributed by atoms with Crippen LogP contribution < -0.4 is 4.90 Å². The van der Waals surface area contributed by atoms with Crippen LogP contribution in [0.3, 0.4) is 0 Å². The number of anilines is 1. The van der Waals surface area contributed by atoms with Gasteiger partial charge in [0.15, 0.2) is 0 Å². The Kier molecular flexibility index (Phi) is 4.32. The third-order valence-electron chi connectivity index (χ3n) is 5.74. The molecule has 1 saturated carbocycles. The minimum atomic E-state index is -0.419. The lowest BCUT2D eigenvalue weighted by molar-refractivity contribution is -0.130. The average molecular weight is 341 g/mol. The zero-order valence-corrected chi connectivity index (χ0v) is 14.4. The molecule has 2 aromatic rings. The van der Waals surface area contributed by atoms with Crippen molar-refractivity contribution in [3.8, 4) is 0 Å². The predicted octanol–water partition coefficient (Wildman–Crippen LogP) is 4.02. The smallest absolute Gasteiger partial charge is 0.233 e. The van der Waals surface area contributed by atoms with Gasteiger partial charge in [0.05, 0.1) is 23.0 Å². The van der Waals surface area contributed by atoms with Crippen LogP contribution in [-0.2, 0) is 17.6 Å². The molecular formula is C20H24FN3O. The van der Waals surface area contributed by atoms with Crippen molar-refractivity contribution < 1.29 is 9.18 Å². The summed E-state index contributed by atoms with van der Waals surface area (Å²) in [5, 5.41) is 7.15. The van der Waals surface area contributed by atoms with E-state index < -0.39 is 5.41 Å². The predicted molar refractivity (Wildman–Crippen MR) is 94.9 cm³/mol. The van der Waals surface area contributed by atoms with Crippen molar-refractivity contribution in [3.63, 3.8) is 0 Å². The maximum atomic E-state index is 13.6. The number of H-pyrrole nitrogens is 1. The number of carbonyl (C=O) groups is 1. The Labute approximate surface area is 147 Å². The molecular weight excluding hydrogens is 317 g/mol.